The van der Waals surface area contributed by atoms with Crippen molar-refractivity contribution in [1.29, 1.82) is 0 Å². The summed E-state index contributed by atoms with van der Waals surface area (Å²) in [4.78, 5) is 22.8. The first-order valence-corrected chi connectivity index (χ1v) is 6.98. The van der Waals surface area contributed by atoms with Crippen molar-refractivity contribution in [3.8, 4) is 0 Å². The molecule has 98 valence electrons. The van der Waals surface area contributed by atoms with Gasteiger partial charge in [-0.1, -0.05) is 6.07 Å². The van der Waals surface area contributed by atoms with Crippen LogP contribution in [0.5, 0.6) is 0 Å². The van der Waals surface area contributed by atoms with Gasteiger partial charge in [0.2, 0.25) is 5.91 Å². The molecule has 0 radical (unpaired) electrons. The minimum atomic E-state index is -0.365. The number of aryl methyl sites for hydroxylation is 1. The Labute approximate surface area is 111 Å². The Bertz CT molecular complexity index is 446. The van der Waals surface area contributed by atoms with Crippen LogP contribution in [0.3, 0.4) is 0 Å². The van der Waals surface area contributed by atoms with Crippen LogP contribution in [0.4, 0.5) is 5.69 Å². The summed E-state index contributed by atoms with van der Waals surface area (Å²) in [5, 5.41) is 2.68. The van der Waals surface area contributed by atoms with Crippen LogP contribution in [0.1, 0.15) is 22.8 Å². The molecule has 0 saturated heterocycles. The maximum Gasteiger partial charge on any atom is 0.338 e. The minimum absolute atomic E-state index is 0.161. The van der Waals surface area contributed by atoms with Gasteiger partial charge in [-0.15, -0.1) is 0 Å². The summed E-state index contributed by atoms with van der Waals surface area (Å²) >= 11 is 1.62. The van der Waals surface area contributed by atoms with Crippen molar-refractivity contribution < 1.29 is 14.3 Å². The quantitative estimate of drug-likeness (QED) is 0.657. The van der Waals surface area contributed by atoms with E-state index in [0.29, 0.717) is 17.9 Å². The average Bonchev–Trinajstić information content (AvgIpc) is 2.31. The molecule has 0 atom stereocenters. The van der Waals surface area contributed by atoms with Crippen molar-refractivity contribution in [2.24, 2.45) is 0 Å². The van der Waals surface area contributed by atoms with Gasteiger partial charge in [0, 0.05) is 18.4 Å². The van der Waals surface area contributed by atoms with E-state index in [1.807, 2.05) is 13.2 Å². The van der Waals surface area contributed by atoms with Crippen LogP contribution in [0, 0.1) is 6.92 Å². The predicted molar refractivity (Wildman–Crippen MR) is 74.1 cm³/mol. The fourth-order valence-corrected chi connectivity index (χ4v) is 1.62. The normalized spacial score (nSPS) is 9.94. The van der Waals surface area contributed by atoms with E-state index < -0.39 is 0 Å². The highest BCUT2D eigenvalue weighted by Crippen LogP contribution is 2.17. The lowest BCUT2D eigenvalue weighted by molar-refractivity contribution is -0.114. The van der Waals surface area contributed by atoms with E-state index in [2.05, 4.69) is 5.32 Å². The molecule has 1 rings (SSSR count). The van der Waals surface area contributed by atoms with E-state index in [9.17, 15) is 9.59 Å². The molecule has 0 heterocycles. The summed E-state index contributed by atoms with van der Waals surface area (Å²) in [5.41, 5.74) is 2.00. The maximum atomic E-state index is 11.7. The lowest BCUT2D eigenvalue weighted by Crippen LogP contribution is -2.11. The molecule has 1 aromatic rings. The summed E-state index contributed by atoms with van der Waals surface area (Å²) in [5.74, 6) is 0.248. The number of amides is 1. The smallest absolute Gasteiger partial charge is 0.338 e. The molecule has 0 fully saturated rings. The summed E-state index contributed by atoms with van der Waals surface area (Å²) in [7, 11) is 0. The molecule has 0 aliphatic rings. The summed E-state index contributed by atoms with van der Waals surface area (Å²) in [6.07, 6.45) is 1.95. The van der Waals surface area contributed by atoms with E-state index in [4.69, 9.17) is 4.74 Å². The molecular weight excluding hydrogens is 250 g/mol. The molecule has 0 spiro atoms. The lowest BCUT2D eigenvalue weighted by atomic mass is 10.1. The Balaban J connectivity index is 2.77. The molecule has 0 saturated carbocycles. The fourth-order valence-electron chi connectivity index (χ4n) is 1.37. The first-order valence-electron chi connectivity index (χ1n) is 5.59. The summed E-state index contributed by atoms with van der Waals surface area (Å²) in [6, 6.07) is 5.12. The number of nitrogens with one attached hydrogen (secondary N) is 1. The standard InChI is InChI=1S/C13H17NO3S/c1-9-4-5-11(8-12(9)14-10(2)15)13(16)17-6-7-18-3/h4-5,8H,6-7H2,1-3H3,(H,14,15). The second-order valence-corrected chi connectivity index (χ2v) is 4.83. The van der Waals surface area contributed by atoms with Gasteiger partial charge in [-0.3, -0.25) is 4.79 Å². The van der Waals surface area contributed by atoms with Gasteiger partial charge in [0.1, 0.15) is 6.61 Å². The zero-order chi connectivity index (χ0) is 13.5. The van der Waals surface area contributed by atoms with E-state index in [0.717, 1.165) is 11.3 Å². The molecule has 5 heteroatoms. The first-order chi connectivity index (χ1) is 8.54. The van der Waals surface area contributed by atoms with E-state index in [1.54, 1.807) is 30.0 Å². The monoisotopic (exact) mass is 267 g/mol. The number of hydrogen-bond donors (Lipinski definition) is 1. The van der Waals surface area contributed by atoms with Crippen LogP contribution < -0.4 is 5.32 Å². The van der Waals surface area contributed by atoms with Gasteiger partial charge in [0.05, 0.1) is 5.56 Å². The summed E-state index contributed by atoms with van der Waals surface area (Å²) < 4.78 is 5.10. The highest BCUT2D eigenvalue weighted by molar-refractivity contribution is 7.98. The third kappa shape index (κ3) is 4.41. The molecule has 18 heavy (non-hydrogen) atoms. The Morgan fingerprint density at radius 2 is 2.11 bits per heavy atom. The molecule has 0 unspecified atom stereocenters. The van der Waals surface area contributed by atoms with Crippen molar-refractivity contribution in [2.45, 2.75) is 13.8 Å². The first kappa shape index (κ1) is 14.6. The van der Waals surface area contributed by atoms with Crippen molar-refractivity contribution in [1.82, 2.24) is 0 Å². The van der Waals surface area contributed by atoms with Gasteiger partial charge in [-0.05, 0) is 30.9 Å². The van der Waals surface area contributed by atoms with Crippen molar-refractivity contribution in [2.75, 3.05) is 23.9 Å². The van der Waals surface area contributed by atoms with Gasteiger partial charge in [0.15, 0.2) is 0 Å². The Morgan fingerprint density at radius 3 is 2.72 bits per heavy atom. The summed E-state index contributed by atoms with van der Waals surface area (Å²) in [6.45, 7) is 3.69. The second kappa shape index (κ2) is 7.06. The Hall–Kier alpha value is -1.49. The zero-order valence-corrected chi connectivity index (χ0v) is 11.6. The van der Waals surface area contributed by atoms with Gasteiger partial charge in [-0.25, -0.2) is 4.79 Å². The number of benzene rings is 1. The van der Waals surface area contributed by atoms with Crippen LogP contribution in [0.2, 0.25) is 0 Å². The van der Waals surface area contributed by atoms with Crippen LogP contribution in [-0.4, -0.2) is 30.5 Å². The van der Waals surface area contributed by atoms with E-state index in [1.165, 1.54) is 6.92 Å². The van der Waals surface area contributed by atoms with E-state index in [-0.39, 0.29) is 11.9 Å². The number of carbonyl (C=O) groups is 2. The van der Waals surface area contributed by atoms with Crippen LogP contribution in [0.25, 0.3) is 0 Å². The fraction of sp³-hybridized carbons (Fsp3) is 0.385. The highest BCUT2D eigenvalue weighted by Gasteiger charge is 2.09. The Kier molecular flexibility index (Phi) is 5.71. The average molecular weight is 267 g/mol. The number of anilines is 1. The largest absolute Gasteiger partial charge is 0.461 e. The second-order valence-electron chi connectivity index (χ2n) is 3.84. The van der Waals surface area contributed by atoms with Gasteiger partial charge in [0.25, 0.3) is 0 Å². The van der Waals surface area contributed by atoms with Crippen LogP contribution in [-0.2, 0) is 9.53 Å². The molecule has 0 aliphatic heterocycles. The number of ether oxygens (including phenoxy) is 1. The lowest BCUT2D eigenvalue weighted by Gasteiger charge is -2.09. The van der Waals surface area contributed by atoms with Gasteiger partial charge >= 0.3 is 5.97 Å². The van der Waals surface area contributed by atoms with Crippen molar-refractivity contribution >= 4 is 29.3 Å². The SMILES string of the molecule is CSCCOC(=O)c1ccc(C)c(NC(C)=O)c1. The molecule has 1 aromatic carbocycles. The molecule has 1 amide bonds. The molecule has 0 aromatic heterocycles. The molecular formula is C13H17NO3S. The molecule has 0 bridgehead atoms. The van der Waals surface area contributed by atoms with Gasteiger partial charge in [-0.2, -0.15) is 11.8 Å². The molecule has 0 aliphatic carbocycles. The maximum absolute atomic E-state index is 11.7. The number of esters is 1. The number of rotatable bonds is 5. The van der Waals surface area contributed by atoms with Gasteiger partial charge < -0.3 is 10.1 Å². The highest BCUT2D eigenvalue weighted by atomic mass is 32.2. The molecule has 1 N–H and O–H groups in total. The molecule has 4 nitrogen and oxygen atoms in total. The number of carbonyl (C=O) groups excluding carboxylic acids is 2. The van der Waals surface area contributed by atoms with Crippen LogP contribution in [0.15, 0.2) is 18.2 Å². The zero-order valence-electron chi connectivity index (χ0n) is 10.8. The predicted octanol–water partition coefficient (Wildman–Crippen LogP) is 2.47. The topological polar surface area (TPSA) is 55.4 Å². The minimum Gasteiger partial charge on any atom is -0.461 e. The third-order valence-corrected chi connectivity index (χ3v) is 2.88. The Morgan fingerprint density at radius 1 is 1.39 bits per heavy atom. The van der Waals surface area contributed by atoms with Crippen molar-refractivity contribution in [3.05, 3.63) is 29.3 Å². The number of hydrogen-bond acceptors (Lipinski definition) is 4. The van der Waals surface area contributed by atoms with E-state index >= 15 is 0 Å². The number of thioether (sulfide) groups is 1. The van der Waals surface area contributed by atoms with Crippen LogP contribution >= 0.6 is 11.8 Å². The van der Waals surface area contributed by atoms with Crippen molar-refractivity contribution in [3.63, 3.8) is 0 Å². The third-order valence-electron chi connectivity index (χ3n) is 2.30.